The second-order valence-electron chi connectivity index (χ2n) is 1.30. The third-order valence-corrected chi connectivity index (χ3v) is 2.39. The zero-order chi connectivity index (χ0) is 7.33. The molecular weight excluding hydrogens is 328 g/mol. The van der Waals surface area contributed by atoms with Gasteiger partial charge < -0.3 is 13.9 Å². The van der Waals surface area contributed by atoms with Crippen LogP contribution in [0.1, 0.15) is 13.8 Å². The molecule has 69 valence electrons. The van der Waals surface area contributed by atoms with E-state index in [1.165, 1.54) is 0 Å². The Hall–Kier alpha value is 1.76. The molecule has 0 saturated carbocycles. The monoisotopic (exact) mass is 339 g/mol. The summed E-state index contributed by atoms with van der Waals surface area (Å²) in [5.41, 5.74) is 0. The predicted molar refractivity (Wildman–Crippen MR) is 39.8 cm³/mol. The molecule has 3 nitrogen and oxygen atoms in total. The number of hydrogen-bond acceptors (Lipinski definition) is 3. The van der Waals surface area contributed by atoms with E-state index in [0.717, 1.165) is 0 Å². The Morgan fingerprint density at radius 1 is 1.30 bits per heavy atom. The van der Waals surface area contributed by atoms with E-state index in [1.807, 2.05) is 0 Å². The summed E-state index contributed by atoms with van der Waals surface area (Å²) in [6.45, 7) is 1.45. The summed E-state index contributed by atoms with van der Waals surface area (Å²) >= 11 is 4.56. The summed E-state index contributed by atoms with van der Waals surface area (Å²) in [5.74, 6) is 0. The second-order valence-corrected chi connectivity index (χ2v) is 4.14. The van der Waals surface area contributed by atoms with Crippen molar-refractivity contribution >= 4 is 18.5 Å². The maximum absolute atomic E-state index is 9.00. The average Bonchev–Trinajstić information content (AvgIpc) is 1.64. The van der Waals surface area contributed by atoms with Crippen LogP contribution in [-0.2, 0) is 20.9 Å². The minimum Gasteiger partial charge on any atom is -0.324 e. The van der Waals surface area contributed by atoms with Crippen LogP contribution in [-0.4, -0.2) is 18.1 Å². The summed E-state index contributed by atoms with van der Waals surface area (Å²) in [6.07, 6.45) is 0. The largest absolute Gasteiger partial charge is 0.324 e. The third-order valence-electron chi connectivity index (χ3n) is 0.584. The van der Waals surface area contributed by atoms with Crippen molar-refractivity contribution in [2.45, 2.75) is 13.8 Å². The van der Waals surface area contributed by atoms with E-state index >= 15 is 0 Å². The first-order valence-corrected chi connectivity index (χ1v) is 5.33. The predicted octanol–water partition coefficient (Wildman–Crippen LogP) is 1.28. The fourth-order valence-electron chi connectivity index (χ4n) is 0.364. The van der Waals surface area contributed by atoms with Crippen LogP contribution in [0.5, 0.6) is 0 Å². The SMILES string of the molecule is CCOP(O)(=S)OCC.[Tm]. The maximum Gasteiger partial charge on any atom is 0.324 e. The molecule has 0 amide bonds. The van der Waals surface area contributed by atoms with E-state index in [1.54, 1.807) is 13.8 Å². The molecule has 0 bridgehead atoms. The van der Waals surface area contributed by atoms with Gasteiger partial charge >= 0.3 is 6.72 Å². The van der Waals surface area contributed by atoms with E-state index in [-0.39, 0.29) is 36.9 Å². The molecule has 0 aromatic carbocycles. The van der Waals surface area contributed by atoms with Gasteiger partial charge in [-0.1, -0.05) is 0 Å². The van der Waals surface area contributed by atoms with Crippen molar-refractivity contribution in [3.05, 3.63) is 0 Å². The topological polar surface area (TPSA) is 38.7 Å². The Labute approximate surface area is 95.5 Å². The van der Waals surface area contributed by atoms with Crippen LogP contribution in [0.4, 0.5) is 0 Å². The second kappa shape index (κ2) is 7.41. The standard InChI is InChI=1S/C4H11O3PS.Tm/c1-3-6-8(5,9)7-4-2;/h3-4H2,1-2H3,(H,5,9);. The molecule has 10 heavy (non-hydrogen) atoms. The minimum absolute atomic E-state index is 0. The summed E-state index contributed by atoms with van der Waals surface area (Å²) < 4.78 is 9.46. The molecular formula is C4H11O3PSTm. The fraction of sp³-hybridized carbons (Fsp3) is 1.00. The van der Waals surface area contributed by atoms with Gasteiger partial charge in [0.15, 0.2) is 0 Å². The Morgan fingerprint density at radius 3 is 1.80 bits per heavy atom. The molecule has 0 aliphatic heterocycles. The van der Waals surface area contributed by atoms with Gasteiger partial charge in [0.25, 0.3) is 0 Å². The van der Waals surface area contributed by atoms with E-state index in [2.05, 4.69) is 11.8 Å². The van der Waals surface area contributed by atoms with Crippen LogP contribution < -0.4 is 0 Å². The summed E-state index contributed by atoms with van der Waals surface area (Å²) in [6, 6.07) is 0. The van der Waals surface area contributed by atoms with E-state index in [0.29, 0.717) is 13.2 Å². The van der Waals surface area contributed by atoms with Crippen LogP contribution in [0.25, 0.3) is 0 Å². The molecule has 0 fully saturated rings. The van der Waals surface area contributed by atoms with Crippen LogP contribution in [0.15, 0.2) is 0 Å². The smallest absolute Gasteiger partial charge is 0.324 e. The Bertz CT molecular complexity index is 111. The number of hydrogen-bond donors (Lipinski definition) is 1. The van der Waals surface area contributed by atoms with Gasteiger partial charge in [-0.15, -0.1) is 0 Å². The molecule has 0 spiro atoms. The third kappa shape index (κ3) is 7.87. The van der Waals surface area contributed by atoms with Crippen molar-refractivity contribution in [1.29, 1.82) is 0 Å². The summed E-state index contributed by atoms with van der Waals surface area (Å²) in [4.78, 5) is 9.00. The fourth-order valence-corrected chi connectivity index (χ4v) is 1.72. The van der Waals surface area contributed by atoms with E-state index < -0.39 is 6.72 Å². The zero-order valence-corrected chi connectivity index (χ0v) is 9.30. The van der Waals surface area contributed by atoms with Gasteiger partial charge in [0.1, 0.15) is 0 Å². The molecule has 0 aromatic heterocycles. The van der Waals surface area contributed by atoms with Gasteiger partial charge in [0, 0.05) is 36.9 Å². The van der Waals surface area contributed by atoms with Crippen molar-refractivity contribution in [3.63, 3.8) is 0 Å². The molecule has 0 aliphatic rings. The van der Waals surface area contributed by atoms with Gasteiger partial charge in [-0.2, -0.15) is 0 Å². The van der Waals surface area contributed by atoms with Crippen molar-refractivity contribution in [2.75, 3.05) is 13.2 Å². The Balaban J connectivity index is 0. The molecule has 0 rings (SSSR count). The van der Waals surface area contributed by atoms with Crippen molar-refractivity contribution in [3.8, 4) is 0 Å². The Kier molecular flexibility index (Phi) is 10.6. The molecule has 0 atom stereocenters. The normalized spacial score (nSPS) is 10.7. The van der Waals surface area contributed by atoms with Gasteiger partial charge in [0.2, 0.25) is 0 Å². The molecule has 0 aliphatic carbocycles. The maximum atomic E-state index is 9.00. The van der Waals surface area contributed by atoms with Crippen LogP contribution in [0.2, 0.25) is 0 Å². The molecule has 1 N–H and O–H groups in total. The van der Waals surface area contributed by atoms with Gasteiger partial charge in [-0.3, -0.25) is 0 Å². The van der Waals surface area contributed by atoms with Crippen molar-refractivity contribution < 1.29 is 50.8 Å². The van der Waals surface area contributed by atoms with Crippen LogP contribution in [0, 0.1) is 36.9 Å². The first-order valence-electron chi connectivity index (χ1n) is 2.74. The molecule has 0 heterocycles. The summed E-state index contributed by atoms with van der Waals surface area (Å²) in [5, 5.41) is 0. The molecule has 0 unspecified atom stereocenters. The minimum atomic E-state index is -2.86. The van der Waals surface area contributed by atoms with Crippen LogP contribution >= 0.6 is 6.72 Å². The average molecular weight is 339 g/mol. The first kappa shape index (κ1) is 14.3. The van der Waals surface area contributed by atoms with E-state index in [9.17, 15) is 0 Å². The first-order chi connectivity index (χ1) is 4.12. The van der Waals surface area contributed by atoms with Gasteiger partial charge in [-0.25, -0.2) is 0 Å². The molecule has 6 heteroatoms. The number of rotatable bonds is 4. The Morgan fingerprint density at radius 2 is 1.60 bits per heavy atom. The molecule has 1 radical (unpaired) electrons. The quantitative estimate of drug-likeness (QED) is 0.784. The summed E-state index contributed by atoms with van der Waals surface area (Å²) in [7, 11) is 0. The zero-order valence-electron chi connectivity index (χ0n) is 5.81. The van der Waals surface area contributed by atoms with Gasteiger partial charge in [-0.05, 0) is 25.7 Å². The molecule has 0 saturated heterocycles. The van der Waals surface area contributed by atoms with Crippen molar-refractivity contribution in [2.24, 2.45) is 0 Å². The van der Waals surface area contributed by atoms with Crippen molar-refractivity contribution in [1.82, 2.24) is 0 Å². The van der Waals surface area contributed by atoms with E-state index in [4.69, 9.17) is 13.9 Å². The van der Waals surface area contributed by atoms with Crippen LogP contribution in [0.3, 0.4) is 0 Å². The molecule has 0 aromatic rings. The van der Waals surface area contributed by atoms with Gasteiger partial charge in [0.05, 0.1) is 13.2 Å².